The molecule has 0 radical (unpaired) electrons. The second-order valence-electron chi connectivity index (χ2n) is 2.10. The van der Waals surface area contributed by atoms with E-state index in [-0.39, 0.29) is 5.82 Å². The molecule has 1 aromatic rings. The van der Waals surface area contributed by atoms with E-state index in [2.05, 4.69) is 9.72 Å². The summed E-state index contributed by atoms with van der Waals surface area (Å²) in [5.74, 6) is -2.23. The van der Waals surface area contributed by atoms with Crippen LogP contribution in [0.4, 0.5) is 23.4 Å². The molecule has 13 heavy (non-hydrogen) atoms. The van der Waals surface area contributed by atoms with E-state index >= 15 is 0 Å². The van der Waals surface area contributed by atoms with E-state index in [1.54, 1.807) is 0 Å². The van der Waals surface area contributed by atoms with Gasteiger partial charge in [-0.3, -0.25) is 0 Å². The summed E-state index contributed by atoms with van der Waals surface area (Å²) in [6.07, 6.45) is -4.86. The lowest BCUT2D eigenvalue weighted by Gasteiger charge is -2.08. The highest BCUT2D eigenvalue weighted by molar-refractivity contribution is 5.36. The molecule has 0 atom stereocenters. The molecule has 0 bridgehead atoms. The minimum atomic E-state index is -4.86. The van der Waals surface area contributed by atoms with Crippen LogP contribution in [0, 0.1) is 5.95 Å². The van der Waals surface area contributed by atoms with Crippen molar-refractivity contribution in [2.24, 2.45) is 0 Å². The largest absolute Gasteiger partial charge is 0.573 e. The van der Waals surface area contributed by atoms with Gasteiger partial charge in [0.05, 0.1) is 0 Å². The van der Waals surface area contributed by atoms with Gasteiger partial charge in [-0.05, 0) is 0 Å². The van der Waals surface area contributed by atoms with Crippen molar-refractivity contribution in [2.45, 2.75) is 6.36 Å². The van der Waals surface area contributed by atoms with Crippen molar-refractivity contribution in [2.75, 3.05) is 5.73 Å². The molecule has 0 saturated heterocycles. The summed E-state index contributed by atoms with van der Waals surface area (Å²) in [6.45, 7) is 0. The SMILES string of the molecule is Nc1cc(OC(F)(F)F)cc(F)n1. The van der Waals surface area contributed by atoms with Crippen LogP contribution in [0.3, 0.4) is 0 Å². The monoisotopic (exact) mass is 196 g/mol. The summed E-state index contributed by atoms with van der Waals surface area (Å²) in [7, 11) is 0. The predicted molar refractivity (Wildman–Crippen MR) is 35.3 cm³/mol. The number of alkyl halides is 3. The van der Waals surface area contributed by atoms with Gasteiger partial charge in [0, 0.05) is 12.1 Å². The third-order valence-corrected chi connectivity index (χ3v) is 1.02. The number of halogens is 4. The van der Waals surface area contributed by atoms with Crippen molar-refractivity contribution in [3.63, 3.8) is 0 Å². The van der Waals surface area contributed by atoms with Crippen molar-refractivity contribution < 1.29 is 22.3 Å². The Labute approximate surface area is 70.1 Å². The van der Waals surface area contributed by atoms with Gasteiger partial charge >= 0.3 is 6.36 Å². The zero-order valence-electron chi connectivity index (χ0n) is 6.10. The molecule has 3 nitrogen and oxygen atoms in total. The fourth-order valence-corrected chi connectivity index (χ4v) is 0.685. The van der Waals surface area contributed by atoms with E-state index in [9.17, 15) is 17.6 Å². The molecule has 1 heterocycles. The standard InChI is InChI=1S/C6H4F4N2O/c7-4-1-3(2-5(11)12-4)13-6(8,9)10/h1-2H,(H2,11,12). The molecule has 0 unspecified atom stereocenters. The highest BCUT2D eigenvalue weighted by atomic mass is 19.4. The van der Waals surface area contributed by atoms with Crippen LogP contribution < -0.4 is 10.5 Å². The van der Waals surface area contributed by atoms with Gasteiger partial charge in [-0.1, -0.05) is 0 Å². The lowest BCUT2D eigenvalue weighted by atomic mass is 10.4. The fraction of sp³-hybridized carbons (Fsp3) is 0.167. The Morgan fingerprint density at radius 3 is 2.38 bits per heavy atom. The van der Waals surface area contributed by atoms with E-state index in [1.165, 1.54) is 0 Å². The first-order valence-corrected chi connectivity index (χ1v) is 3.05. The molecule has 0 aliphatic rings. The number of hydrogen-bond donors (Lipinski definition) is 1. The molecule has 0 aromatic carbocycles. The molecule has 0 spiro atoms. The molecular weight excluding hydrogens is 192 g/mol. The number of ether oxygens (including phenoxy) is 1. The van der Waals surface area contributed by atoms with E-state index in [0.29, 0.717) is 6.07 Å². The summed E-state index contributed by atoms with van der Waals surface area (Å²) >= 11 is 0. The minimum absolute atomic E-state index is 0.376. The Kier molecular flexibility index (Phi) is 2.26. The minimum Gasteiger partial charge on any atom is -0.405 e. The van der Waals surface area contributed by atoms with Crippen LogP contribution in [0.25, 0.3) is 0 Å². The number of nitrogens with zero attached hydrogens (tertiary/aromatic N) is 1. The number of aromatic nitrogens is 1. The number of anilines is 1. The van der Waals surface area contributed by atoms with E-state index in [4.69, 9.17) is 5.73 Å². The second-order valence-corrected chi connectivity index (χ2v) is 2.10. The fourth-order valence-electron chi connectivity index (χ4n) is 0.685. The molecule has 1 rings (SSSR count). The Hall–Kier alpha value is -1.53. The average molecular weight is 196 g/mol. The van der Waals surface area contributed by atoms with Crippen LogP contribution in [0.5, 0.6) is 5.75 Å². The van der Waals surface area contributed by atoms with Crippen LogP contribution >= 0.6 is 0 Å². The van der Waals surface area contributed by atoms with E-state index in [1.807, 2.05) is 0 Å². The summed E-state index contributed by atoms with van der Waals surface area (Å²) in [5.41, 5.74) is 4.98. The van der Waals surface area contributed by atoms with E-state index in [0.717, 1.165) is 6.07 Å². The summed E-state index contributed by atoms with van der Waals surface area (Å²) in [6, 6.07) is 1.26. The Morgan fingerprint density at radius 1 is 1.31 bits per heavy atom. The zero-order chi connectivity index (χ0) is 10.1. The van der Waals surface area contributed by atoms with Gasteiger partial charge in [-0.25, -0.2) is 4.98 Å². The maximum absolute atomic E-state index is 12.4. The second kappa shape index (κ2) is 3.08. The Morgan fingerprint density at radius 2 is 1.92 bits per heavy atom. The van der Waals surface area contributed by atoms with Crippen molar-refractivity contribution in [1.82, 2.24) is 4.98 Å². The molecular formula is C6H4F4N2O. The lowest BCUT2D eigenvalue weighted by Crippen LogP contribution is -2.17. The molecule has 1 aromatic heterocycles. The summed E-state index contributed by atoms with van der Waals surface area (Å²) < 4.78 is 50.6. The number of hydrogen-bond acceptors (Lipinski definition) is 3. The van der Waals surface area contributed by atoms with Gasteiger partial charge in [0.1, 0.15) is 11.6 Å². The van der Waals surface area contributed by atoms with Gasteiger partial charge in [0.25, 0.3) is 0 Å². The molecule has 7 heteroatoms. The maximum atomic E-state index is 12.4. The van der Waals surface area contributed by atoms with Gasteiger partial charge in [-0.15, -0.1) is 13.2 Å². The Bertz CT molecular complexity index is 292. The van der Waals surface area contributed by atoms with Crippen LogP contribution in [-0.2, 0) is 0 Å². The maximum Gasteiger partial charge on any atom is 0.573 e. The van der Waals surface area contributed by atoms with E-state index < -0.39 is 18.1 Å². The van der Waals surface area contributed by atoms with Crippen molar-refractivity contribution in [3.05, 3.63) is 18.1 Å². The van der Waals surface area contributed by atoms with Gasteiger partial charge < -0.3 is 10.5 Å². The van der Waals surface area contributed by atoms with Crippen LogP contribution in [0.15, 0.2) is 12.1 Å². The van der Waals surface area contributed by atoms with Gasteiger partial charge in [0.2, 0.25) is 5.95 Å². The van der Waals surface area contributed by atoms with Crippen molar-refractivity contribution in [3.8, 4) is 5.75 Å². The number of rotatable bonds is 1. The zero-order valence-corrected chi connectivity index (χ0v) is 6.10. The number of pyridine rings is 1. The summed E-state index contributed by atoms with van der Waals surface area (Å²) in [4.78, 5) is 3.03. The third-order valence-electron chi connectivity index (χ3n) is 1.02. The molecule has 0 saturated carbocycles. The number of nitrogen functional groups attached to an aromatic ring is 1. The molecule has 0 aliphatic heterocycles. The molecule has 0 amide bonds. The summed E-state index contributed by atoms with van der Waals surface area (Å²) in [5, 5.41) is 0. The number of nitrogens with two attached hydrogens (primary N) is 1. The quantitative estimate of drug-likeness (QED) is 0.549. The predicted octanol–water partition coefficient (Wildman–Crippen LogP) is 1.70. The molecule has 0 fully saturated rings. The topological polar surface area (TPSA) is 48.1 Å². The average Bonchev–Trinajstić information content (AvgIpc) is 1.78. The lowest BCUT2D eigenvalue weighted by molar-refractivity contribution is -0.274. The first kappa shape index (κ1) is 9.56. The van der Waals surface area contributed by atoms with Crippen LogP contribution in [-0.4, -0.2) is 11.3 Å². The van der Waals surface area contributed by atoms with Crippen LogP contribution in [0.1, 0.15) is 0 Å². The first-order chi connectivity index (χ1) is 5.87. The highest BCUT2D eigenvalue weighted by Gasteiger charge is 2.31. The smallest absolute Gasteiger partial charge is 0.405 e. The Balaban J connectivity index is 2.90. The van der Waals surface area contributed by atoms with Crippen LogP contribution in [0.2, 0.25) is 0 Å². The molecule has 2 N–H and O–H groups in total. The normalized spacial score (nSPS) is 11.4. The molecule has 0 aliphatic carbocycles. The van der Waals surface area contributed by atoms with Gasteiger partial charge in [0.15, 0.2) is 0 Å². The van der Waals surface area contributed by atoms with Gasteiger partial charge in [-0.2, -0.15) is 4.39 Å². The third kappa shape index (κ3) is 3.14. The molecule has 72 valence electrons. The van der Waals surface area contributed by atoms with Crippen molar-refractivity contribution in [1.29, 1.82) is 0 Å². The first-order valence-electron chi connectivity index (χ1n) is 3.05. The van der Waals surface area contributed by atoms with Crippen molar-refractivity contribution >= 4 is 5.82 Å². The highest BCUT2D eigenvalue weighted by Crippen LogP contribution is 2.23.